The molecule has 0 aromatic heterocycles. The Bertz CT molecular complexity index is 630. The third-order valence-corrected chi connectivity index (χ3v) is 6.39. The van der Waals surface area contributed by atoms with Gasteiger partial charge in [-0.05, 0) is 30.8 Å². The second-order valence-corrected chi connectivity index (χ2v) is 8.27. The first-order valence-corrected chi connectivity index (χ1v) is 9.62. The highest BCUT2D eigenvalue weighted by molar-refractivity contribution is 7.91. The summed E-state index contributed by atoms with van der Waals surface area (Å²) in [5.41, 5.74) is 0.994. The van der Waals surface area contributed by atoms with Crippen molar-refractivity contribution in [1.82, 2.24) is 4.90 Å². The number of rotatable bonds is 4. The van der Waals surface area contributed by atoms with Gasteiger partial charge in [-0.3, -0.25) is 0 Å². The van der Waals surface area contributed by atoms with E-state index in [1.54, 1.807) is 0 Å². The quantitative estimate of drug-likeness (QED) is 0.793. The molecule has 0 aliphatic carbocycles. The highest BCUT2D eigenvalue weighted by Gasteiger charge is 2.51. The number of para-hydroxylation sites is 1. The zero-order valence-corrected chi connectivity index (χ0v) is 13.7. The summed E-state index contributed by atoms with van der Waals surface area (Å²) in [5.74, 6) is 0.431. The first kappa shape index (κ1) is 14.8. The Kier molecular flexibility index (Phi) is 3.92. The Labute approximate surface area is 131 Å². The standard InChI is InChI=1S/C15H20N2O2S2/c1-2-3-9-16-13-10-21(18,19)11-14(13)17(15(16)20)12-7-5-4-6-8-12/h4-8,13-14H,2-3,9-11H2,1H3/t13-,14+/m1/s1. The molecule has 0 unspecified atom stereocenters. The average Bonchev–Trinajstić information content (AvgIpc) is 2.87. The second-order valence-electron chi connectivity index (χ2n) is 5.75. The van der Waals surface area contributed by atoms with Gasteiger partial charge in [0.15, 0.2) is 14.9 Å². The van der Waals surface area contributed by atoms with Crippen LogP contribution in [0, 0.1) is 0 Å². The topological polar surface area (TPSA) is 40.6 Å². The average molecular weight is 324 g/mol. The molecule has 21 heavy (non-hydrogen) atoms. The van der Waals surface area contributed by atoms with Gasteiger partial charge >= 0.3 is 0 Å². The van der Waals surface area contributed by atoms with Crippen LogP contribution in [0.4, 0.5) is 5.69 Å². The van der Waals surface area contributed by atoms with Gasteiger partial charge in [-0.2, -0.15) is 0 Å². The van der Waals surface area contributed by atoms with E-state index in [9.17, 15) is 8.42 Å². The SMILES string of the molecule is CCCCN1C(=S)N(c2ccccc2)[C@H]2CS(=O)(=O)C[C@H]21. The number of fused-ring (bicyclic) bond motifs is 1. The summed E-state index contributed by atoms with van der Waals surface area (Å²) in [7, 11) is -2.97. The molecule has 0 N–H and O–H groups in total. The van der Waals surface area contributed by atoms with E-state index in [2.05, 4.69) is 11.8 Å². The van der Waals surface area contributed by atoms with Crippen LogP contribution in [0.1, 0.15) is 19.8 Å². The molecule has 0 radical (unpaired) electrons. The van der Waals surface area contributed by atoms with E-state index in [1.165, 1.54) is 0 Å². The van der Waals surface area contributed by atoms with Crippen LogP contribution in [0.15, 0.2) is 30.3 Å². The van der Waals surface area contributed by atoms with Gasteiger partial charge in [0.25, 0.3) is 0 Å². The Morgan fingerprint density at radius 1 is 1.19 bits per heavy atom. The molecular weight excluding hydrogens is 304 g/mol. The molecule has 3 rings (SSSR count). The minimum atomic E-state index is -2.97. The predicted octanol–water partition coefficient (Wildman–Crippen LogP) is 2.06. The summed E-state index contributed by atoms with van der Waals surface area (Å²) >= 11 is 5.64. The number of anilines is 1. The van der Waals surface area contributed by atoms with Crippen molar-refractivity contribution in [2.24, 2.45) is 0 Å². The summed E-state index contributed by atoms with van der Waals surface area (Å²) < 4.78 is 24.1. The summed E-state index contributed by atoms with van der Waals surface area (Å²) in [6, 6.07) is 9.85. The van der Waals surface area contributed by atoms with Crippen LogP contribution in [0.3, 0.4) is 0 Å². The smallest absolute Gasteiger partial charge is 0.176 e. The van der Waals surface area contributed by atoms with Crippen molar-refractivity contribution in [1.29, 1.82) is 0 Å². The zero-order chi connectivity index (χ0) is 15.0. The van der Waals surface area contributed by atoms with Crippen molar-refractivity contribution < 1.29 is 8.42 Å². The molecule has 2 aliphatic heterocycles. The zero-order valence-electron chi connectivity index (χ0n) is 12.1. The molecular formula is C15H20N2O2S2. The van der Waals surface area contributed by atoms with Gasteiger partial charge in [-0.25, -0.2) is 8.42 Å². The van der Waals surface area contributed by atoms with Crippen LogP contribution in [0.2, 0.25) is 0 Å². The minimum absolute atomic E-state index is 0.00857. The maximum Gasteiger partial charge on any atom is 0.176 e. The predicted molar refractivity (Wildman–Crippen MR) is 89.4 cm³/mol. The van der Waals surface area contributed by atoms with Gasteiger partial charge in [0.2, 0.25) is 0 Å². The fourth-order valence-electron chi connectivity index (χ4n) is 3.26. The monoisotopic (exact) mass is 324 g/mol. The van der Waals surface area contributed by atoms with Crippen molar-refractivity contribution in [2.75, 3.05) is 23.0 Å². The van der Waals surface area contributed by atoms with Gasteiger partial charge in [-0.15, -0.1) is 0 Å². The van der Waals surface area contributed by atoms with E-state index in [0.717, 1.165) is 30.2 Å². The van der Waals surface area contributed by atoms with Crippen LogP contribution in [-0.4, -0.2) is 48.6 Å². The molecule has 0 spiro atoms. The number of sulfone groups is 1. The maximum absolute atomic E-state index is 12.1. The molecule has 1 aromatic carbocycles. The summed E-state index contributed by atoms with van der Waals surface area (Å²) in [6.45, 7) is 2.98. The highest BCUT2D eigenvalue weighted by atomic mass is 32.2. The first-order valence-electron chi connectivity index (χ1n) is 7.39. The maximum atomic E-state index is 12.1. The molecule has 114 valence electrons. The lowest BCUT2D eigenvalue weighted by molar-refractivity contribution is 0.351. The highest BCUT2D eigenvalue weighted by Crippen LogP contribution is 2.35. The third-order valence-electron chi connectivity index (χ3n) is 4.26. The molecule has 1 aromatic rings. The van der Waals surface area contributed by atoms with Gasteiger partial charge in [0.05, 0.1) is 23.6 Å². The van der Waals surface area contributed by atoms with E-state index >= 15 is 0 Å². The first-order chi connectivity index (χ1) is 10.0. The van der Waals surface area contributed by atoms with Crippen molar-refractivity contribution in [3.63, 3.8) is 0 Å². The largest absolute Gasteiger partial charge is 0.343 e. The summed E-state index contributed by atoms with van der Waals surface area (Å²) in [6.07, 6.45) is 2.11. The molecule has 6 heteroatoms. The van der Waals surface area contributed by atoms with Crippen LogP contribution >= 0.6 is 12.2 Å². The summed E-state index contributed by atoms with van der Waals surface area (Å²) in [4.78, 5) is 4.17. The molecule has 2 aliphatic rings. The molecule has 4 nitrogen and oxygen atoms in total. The number of nitrogens with zero attached hydrogens (tertiary/aromatic N) is 2. The van der Waals surface area contributed by atoms with E-state index in [-0.39, 0.29) is 23.6 Å². The Morgan fingerprint density at radius 2 is 1.86 bits per heavy atom. The van der Waals surface area contributed by atoms with Gasteiger partial charge in [0, 0.05) is 12.2 Å². The van der Waals surface area contributed by atoms with E-state index in [4.69, 9.17) is 12.2 Å². The van der Waals surface area contributed by atoms with E-state index in [1.807, 2.05) is 35.2 Å². The van der Waals surface area contributed by atoms with Crippen molar-refractivity contribution in [3.8, 4) is 0 Å². The molecule has 2 saturated heterocycles. The Hall–Kier alpha value is -1.14. The number of hydrogen-bond donors (Lipinski definition) is 0. The van der Waals surface area contributed by atoms with E-state index in [0.29, 0.717) is 0 Å². The third kappa shape index (κ3) is 2.66. The van der Waals surface area contributed by atoms with Crippen LogP contribution in [-0.2, 0) is 9.84 Å². The van der Waals surface area contributed by atoms with Gasteiger partial charge in [0.1, 0.15) is 0 Å². The number of thiocarbonyl (C=S) groups is 1. The van der Waals surface area contributed by atoms with E-state index < -0.39 is 9.84 Å². The number of unbranched alkanes of at least 4 members (excludes halogenated alkanes) is 1. The lowest BCUT2D eigenvalue weighted by Gasteiger charge is -2.25. The van der Waals surface area contributed by atoms with Gasteiger partial charge < -0.3 is 9.80 Å². The lowest BCUT2D eigenvalue weighted by Crippen LogP contribution is -2.38. The molecule has 2 fully saturated rings. The van der Waals surface area contributed by atoms with Crippen LogP contribution in [0.25, 0.3) is 0 Å². The molecule has 0 amide bonds. The van der Waals surface area contributed by atoms with Crippen molar-refractivity contribution in [3.05, 3.63) is 30.3 Å². The van der Waals surface area contributed by atoms with Crippen molar-refractivity contribution >= 4 is 32.9 Å². The lowest BCUT2D eigenvalue weighted by atomic mass is 10.1. The molecule has 2 heterocycles. The minimum Gasteiger partial charge on any atom is -0.343 e. The van der Waals surface area contributed by atoms with Crippen LogP contribution < -0.4 is 4.90 Å². The fraction of sp³-hybridized carbons (Fsp3) is 0.533. The molecule has 0 bridgehead atoms. The number of hydrogen-bond acceptors (Lipinski definition) is 3. The number of benzene rings is 1. The Morgan fingerprint density at radius 3 is 2.52 bits per heavy atom. The second kappa shape index (κ2) is 5.57. The van der Waals surface area contributed by atoms with Crippen LogP contribution in [0.5, 0.6) is 0 Å². The van der Waals surface area contributed by atoms with Gasteiger partial charge in [-0.1, -0.05) is 31.5 Å². The molecule has 2 atom stereocenters. The summed E-state index contributed by atoms with van der Waals surface area (Å²) in [5, 5.41) is 0.777. The normalized spacial score (nSPS) is 27.2. The fourth-order valence-corrected chi connectivity index (χ4v) is 5.67. The Balaban J connectivity index is 1.95. The van der Waals surface area contributed by atoms with Crippen molar-refractivity contribution in [2.45, 2.75) is 31.8 Å². The molecule has 0 saturated carbocycles.